The molecule has 1 rings (SSSR count). The fourth-order valence-electron chi connectivity index (χ4n) is 1.62. The van der Waals surface area contributed by atoms with Crippen LogP contribution in [0.3, 0.4) is 0 Å². The zero-order valence-electron chi connectivity index (χ0n) is 13.2. The number of nitrogens with one attached hydrogen (secondary N) is 1. The SMILES string of the molecule is C[C@@H](N[S+]([O-])C(C)(C)C)c1cc(OC(N)=O)cc(C(F)(F)F)c1. The van der Waals surface area contributed by atoms with Gasteiger partial charge in [-0.25, -0.2) is 4.79 Å². The van der Waals surface area contributed by atoms with Crippen LogP contribution in [0.5, 0.6) is 5.75 Å². The van der Waals surface area contributed by atoms with Gasteiger partial charge in [0.2, 0.25) is 0 Å². The van der Waals surface area contributed by atoms with Gasteiger partial charge in [-0.2, -0.15) is 13.2 Å². The minimum Gasteiger partial charge on any atom is -0.598 e. The highest BCUT2D eigenvalue weighted by Gasteiger charge is 2.33. The van der Waals surface area contributed by atoms with Crippen LogP contribution >= 0.6 is 0 Å². The summed E-state index contributed by atoms with van der Waals surface area (Å²) >= 11 is -1.48. The molecule has 5 nitrogen and oxygen atoms in total. The van der Waals surface area contributed by atoms with Gasteiger partial charge in [0.1, 0.15) is 10.5 Å². The first-order chi connectivity index (χ1) is 10.3. The number of rotatable bonds is 4. The van der Waals surface area contributed by atoms with Gasteiger partial charge in [-0.3, -0.25) is 0 Å². The second kappa shape index (κ2) is 6.98. The molecule has 0 heterocycles. The summed E-state index contributed by atoms with van der Waals surface area (Å²) in [6, 6.07) is 2.18. The lowest BCUT2D eigenvalue weighted by Crippen LogP contribution is -2.40. The van der Waals surface area contributed by atoms with Gasteiger partial charge in [-0.05, 0) is 51.5 Å². The average Bonchev–Trinajstić information content (AvgIpc) is 2.35. The molecule has 0 aliphatic rings. The number of halogens is 3. The van der Waals surface area contributed by atoms with E-state index < -0.39 is 40.0 Å². The standard InChI is InChI=1S/C14H19F3N2O3S/c1-8(19-23(21)13(2,3)4)9-5-10(14(15,16)17)7-11(6-9)22-12(18)20/h5-8,19H,1-4H3,(H2,18,20)/t8-,23?/m1/s1. The van der Waals surface area contributed by atoms with E-state index in [4.69, 9.17) is 5.73 Å². The summed E-state index contributed by atoms with van der Waals surface area (Å²) in [5, 5.41) is 0. The summed E-state index contributed by atoms with van der Waals surface area (Å²) in [6.45, 7) is 6.76. The largest absolute Gasteiger partial charge is 0.598 e. The number of carbonyl (C=O) groups excluding carboxylic acids is 1. The summed E-state index contributed by atoms with van der Waals surface area (Å²) in [5.74, 6) is -0.322. The second-order valence-corrected chi connectivity index (χ2v) is 7.93. The Morgan fingerprint density at radius 3 is 2.30 bits per heavy atom. The quantitative estimate of drug-likeness (QED) is 0.814. The molecular weight excluding hydrogens is 333 g/mol. The molecule has 3 N–H and O–H groups in total. The Morgan fingerprint density at radius 1 is 1.30 bits per heavy atom. The zero-order chi connectivity index (χ0) is 18.0. The highest BCUT2D eigenvalue weighted by Crippen LogP contribution is 2.34. The van der Waals surface area contributed by atoms with E-state index in [9.17, 15) is 22.5 Å². The molecule has 1 unspecified atom stereocenters. The highest BCUT2D eigenvalue weighted by atomic mass is 32.2. The summed E-state index contributed by atoms with van der Waals surface area (Å²) < 4.78 is 57.6. The van der Waals surface area contributed by atoms with E-state index in [-0.39, 0.29) is 11.3 Å². The third-order valence-corrected chi connectivity index (χ3v) is 4.49. The molecule has 9 heteroatoms. The monoisotopic (exact) mass is 352 g/mol. The number of amides is 1. The predicted molar refractivity (Wildman–Crippen MR) is 81.1 cm³/mol. The average molecular weight is 352 g/mol. The van der Waals surface area contributed by atoms with Crippen LogP contribution in [0.1, 0.15) is 44.9 Å². The van der Waals surface area contributed by atoms with Crippen molar-refractivity contribution in [3.8, 4) is 5.75 Å². The van der Waals surface area contributed by atoms with Crippen LogP contribution in [-0.2, 0) is 17.5 Å². The van der Waals surface area contributed by atoms with E-state index >= 15 is 0 Å². The molecule has 1 aromatic rings. The Bertz CT molecular complexity index is 573. The van der Waals surface area contributed by atoms with E-state index in [0.717, 1.165) is 6.07 Å². The molecule has 0 aromatic heterocycles. The summed E-state index contributed by atoms with van der Waals surface area (Å²) in [7, 11) is 0. The number of primary amides is 1. The van der Waals surface area contributed by atoms with E-state index in [1.165, 1.54) is 6.07 Å². The van der Waals surface area contributed by atoms with Gasteiger partial charge in [0, 0.05) is 11.4 Å². The van der Waals surface area contributed by atoms with Crippen LogP contribution in [0.2, 0.25) is 0 Å². The smallest absolute Gasteiger partial charge is 0.416 e. The van der Waals surface area contributed by atoms with E-state index in [1.807, 2.05) is 0 Å². The number of hydrogen-bond acceptors (Lipinski definition) is 4. The normalized spacial score (nSPS) is 15.1. The zero-order valence-corrected chi connectivity index (χ0v) is 14.0. The summed E-state index contributed by atoms with van der Waals surface area (Å²) in [4.78, 5) is 10.8. The van der Waals surface area contributed by atoms with Crippen molar-refractivity contribution in [2.45, 2.75) is 44.7 Å². The lowest BCUT2D eigenvalue weighted by molar-refractivity contribution is -0.137. The fourth-order valence-corrected chi connectivity index (χ4v) is 2.43. The van der Waals surface area contributed by atoms with E-state index in [0.29, 0.717) is 6.07 Å². The van der Waals surface area contributed by atoms with Gasteiger partial charge in [0.25, 0.3) is 0 Å². The molecular formula is C14H19F3N2O3S. The van der Waals surface area contributed by atoms with Crippen molar-refractivity contribution >= 4 is 17.5 Å². The Morgan fingerprint density at radius 2 is 1.87 bits per heavy atom. The van der Waals surface area contributed by atoms with Crippen molar-refractivity contribution in [2.24, 2.45) is 5.73 Å². The molecule has 0 bridgehead atoms. The first kappa shape index (κ1) is 19.6. The number of ether oxygens (including phenoxy) is 1. The maximum atomic E-state index is 12.9. The van der Waals surface area contributed by atoms with Gasteiger partial charge >= 0.3 is 12.3 Å². The Labute approximate surface area is 135 Å². The lowest BCUT2D eigenvalue weighted by atomic mass is 10.0. The second-order valence-electron chi connectivity index (χ2n) is 5.93. The highest BCUT2D eigenvalue weighted by molar-refractivity contribution is 7.90. The summed E-state index contributed by atoms with van der Waals surface area (Å²) in [5.41, 5.74) is 4.03. The van der Waals surface area contributed by atoms with Crippen molar-refractivity contribution in [3.63, 3.8) is 0 Å². The van der Waals surface area contributed by atoms with Crippen molar-refractivity contribution < 1.29 is 27.3 Å². The van der Waals surface area contributed by atoms with E-state index in [1.54, 1.807) is 27.7 Å². The Hall–Kier alpha value is -1.45. The number of hydrogen-bond donors (Lipinski definition) is 2. The van der Waals surface area contributed by atoms with Crippen LogP contribution in [0.25, 0.3) is 0 Å². The van der Waals surface area contributed by atoms with Crippen LogP contribution in [-0.4, -0.2) is 15.4 Å². The molecule has 0 aliphatic carbocycles. The molecule has 0 radical (unpaired) electrons. The molecule has 1 amide bonds. The van der Waals surface area contributed by atoms with Crippen molar-refractivity contribution in [1.82, 2.24) is 4.72 Å². The maximum Gasteiger partial charge on any atom is 0.416 e. The van der Waals surface area contributed by atoms with Gasteiger partial charge in [0.15, 0.2) is 0 Å². The Kier molecular flexibility index (Phi) is 5.95. The number of carbonyl (C=O) groups is 1. The van der Waals surface area contributed by atoms with Gasteiger partial charge in [-0.1, -0.05) is 0 Å². The van der Waals surface area contributed by atoms with Crippen LogP contribution in [0.4, 0.5) is 18.0 Å². The van der Waals surface area contributed by atoms with Crippen molar-refractivity contribution in [3.05, 3.63) is 29.3 Å². The fraction of sp³-hybridized carbons (Fsp3) is 0.500. The number of benzene rings is 1. The third kappa shape index (κ3) is 5.92. The molecule has 0 aliphatic heterocycles. The Balaban J connectivity index is 3.16. The van der Waals surface area contributed by atoms with E-state index in [2.05, 4.69) is 9.46 Å². The van der Waals surface area contributed by atoms with Gasteiger partial charge < -0.3 is 15.0 Å². The number of alkyl halides is 3. The van der Waals surface area contributed by atoms with Crippen LogP contribution in [0, 0.1) is 0 Å². The minimum atomic E-state index is -4.62. The maximum absolute atomic E-state index is 12.9. The molecule has 0 saturated carbocycles. The van der Waals surface area contributed by atoms with Gasteiger partial charge in [0.05, 0.1) is 11.6 Å². The van der Waals surface area contributed by atoms with Crippen LogP contribution < -0.4 is 15.2 Å². The van der Waals surface area contributed by atoms with Crippen molar-refractivity contribution in [2.75, 3.05) is 0 Å². The molecule has 0 fully saturated rings. The molecule has 1 aromatic carbocycles. The third-order valence-electron chi connectivity index (χ3n) is 2.81. The topological polar surface area (TPSA) is 87.4 Å². The minimum absolute atomic E-state index is 0.175. The molecule has 23 heavy (non-hydrogen) atoms. The van der Waals surface area contributed by atoms with Crippen LogP contribution in [0.15, 0.2) is 18.2 Å². The molecule has 2 atom stereocenters. The molecule has 0 saturated heterocycles. The lowest BCUT2D eigenvalue weighted by Gasteiger charge is -2.27. The first-order valence-electron chi connectivity index (χ1n) is 6.68. The van der Waals surface area contributed by atoms with Gasteiger partial charge in [-0.15, -0.1) is 4.72 Å². The molecule has 0 spiro atoms. The first-order valence-corrected chi connectivity index (χ1v) is 7.83. The predicted octanol–water partition coefficient (Wildman–Crippen LogP) is 3.28. The number of nitrogens with two attached hydrogens (primary N) is 1. The van der Waals surface area contributed by atoms with Crippen molar-refractivity contribution in [1.29, 1.82) is 0 Å². The summed E-state index contributed by atoms with van der Waals surface area (Å²) in [6.07, 6.45) is -5.83. The molecule has 130 valence electrons.